The number of aromatic nitrogens is 4. The maximum Gasteiger partial charge on any atom is 0.268 e. The summed E-state index contributed by atoms with van der Waals surface area (Å²) in [5, 5.41) is 11.3. The average Bonchev–Trinajstić information content (AvgIpc) is 3.42. The molecule has 8 heteroatoms. The lowest BCUT2D eigenvalue weighted by Crippen LogP contribution is -2.22. The molecule has 0 N–H and O–H groups in total. The molecule has 0 unspecified atom stereocenters. The molecule has 6 rings (SSSR count). The Bertz CT molecular complexity index is 1550. The zero-order valence-corrected chi connectivity index (χ0v) is 21.1. The molecule has 0 fully saturated rings. The lowest BCUT2D eigenvalue weighted by Gasteiger charge is -2.18. The minimum absolute atomic E-state index is 0.0235. The Hall–Kier alpha value is -2.61. The molecule has 0 saturated carbocycles. The molecule has 5 aromatic rings. The van der Waals surface area contributed by atoms with E-state index in [0.717, 1.165) is 52.5 Å². The zero-order chi connectivity index (χ0) is 23.2. The van der Waals surface area contributed by atoms with Gasteiger partial charge in [-0.3, -0.25) is 4.79 Å². The van der Waals surface area contributed by atoms with Crippen LogP contribution in [0, 0.1) is 5.92 Å². The molecule has 1 aliphatic rings. The fraction of sp³-hybridized carbons (Fsp3) is 0.269. The highest BCUT2D eigenvalue weighted by molar-refractivity contribution is 7.99. The van der Waals surface area contributed by atoms with Gasteiger partial charge in [0.15, 0.2) is 5.16 Å². The van der Waals surface area contributed by atoms with Crippen molar-refractivity contribution in [2.45, 2.75) is 37.8 Å². The fourth-order valence-corrected chi connectivity index (χ4v) is 7.17. The van der Waals surface area contributed by atoms with Crippen LogP contribution in [0.4, 0.5) is 0 Å². The van der Waals surface area contributed by atoms with Crippen molar-refractivity contribution in [2.24, 2.45) is 5.92 Å². The number of hydrogen-bond acceptors (Lipinski definition) is 5. The minimum atomic E-state index is -0.0235. The Morgan fingerprint density at radius 1 is 1.12 bits per heavy atom. The molecule has 0 spiro atoms. The summed E-state index contributed by atoms with van der Waals surface area (Å²) in [4.78, 5) is 16.2. The first kappa shape index (κ1) is 21.9. The number of thiophene rings is 1. The van der Waals surface area contributed by atoms with E-state index in [2.05, 4.69) is 45.8 Å². The Morgan fingerprint density at radius 2 is 1.91 bits per heavy atom. The smallest absolute Gasteiger partial charge is 0.268 e. The van der Waals surface area contributed by atoms with Gasteiger partial charge in [0.25, 0.3) is 5.56 Å². The van der Waals surface area contributed by atoms with E-state index in [4.69, 9.17) is 11.6 Å². The van der Waals surface area contributed by atoms with Crippen LogP contribution in [0.5, 0.6) is 0 Å². The van der Waals surface area contributed by atoms with Crippen LogP contribution < -0.4 is 5.56 Å². The topological polar surface area (TPSA) is 52.2 Å². The van der Waals surface area contributed by atoms with Crippen molar-refractivity contribution < 1.29 is 0 Å². The minimum Gasteiger partial charge on any atom is -0.268 e. The summed E-state index contributed by atoms with van der Waals surface area (Å²) >= 11 is 9.56. The van der Waals surface area contributed by atoms with E-state index in [1.165, 1.54) is 16.0 Å². The van der Waals surface area contributed by atoms with E-state index in [9.17, 15) is 4.79 Å². The van der Waals surface area contributed by atoms with Crippen molar-refractivity contribution in [2.75, 3.05) is 5.75 Å². The second-order valence-electron chi connectivity index (χ2n) is 8.85. The standard InChI is InChI=1S/C26H23ClN4OS2/c1-16-7-12-21-20(15-16)22-23(32)30(19-10-8-18(27)9-11-19)25-28-29-26(31(25)24(22)34-21)33-14-13-17-5-3-2-4-6-17/h2-6,8-11,16H,7,12-15H2,1H3/t16-/m1/s1. The molecule has 172 valence electrons. The van der Waals surface area contributed by atoms with Crippen molar-refractivity contribution in [3.63, 3.8) is 0 Å². The van der Waals surface area contributed by atoms with E-state index in [1.807, 2.05) is 18.2 Å². The molecule has 5 nitrogen and oxygen atoms in total. The Morgan fingerprint density at radius 3 is 2.71 bits per heavy atom. The molecule has 34 heavy (non-hydrogen) atoms. The molecule has 1 atom stereocenters. The third-order valence-corrected chi connectivity index (χ3v) is 8.93. The van der Waals surface area contributed by atoms with Crippen LogP contribution >= 0.6 is 34.7 Å². The predicted octanol–water partition coefficient (Wildman–Crippen LogP) is 6.21. The molecule has 3 heterocycles. The average molecular weight is 507 g/mol. The largest absolute Gasteiger partial charge is 0.268 e. The number of aryl methyl sites for hydroxylation is 2. The van der Waals surface area contributed by atoms with Crippen molar-refractivity contribution in [3.8, 4) is 5.69 Å². The predicted molar refractivity (Wildman–Crippen MR) is 141 cm³/mol. The third kappa shape index (κ3) is 3.76. The van der Waals surface area contributed by atoms with Crippen molar-refractivity contribution in [3.05, 3.63) is 86.0 Å². The van der Waals surface area contributed by atoms with Crippen molar-refractivity contribution in [1.29, 1.82) is 0 Å². The van der Waals surface area contributed by atoms with Crippen LogP contribution in [0.25, 0.3) is 21.7 Å². The molecule has 3 aromatic heterocycles. The summed E-state index contributed by atoms with van der Waals surface area (Å²) in [7, 11) is 0. The highest BCUT2D eigenvalue weighted by Crippen LogP contribution is 2.38. The van der Waals surface area contributed by atoms with E-state index >= 15 is 0 Å². The second-order valence-corrected chi connectivity index (χ2v) is 11.4. The molecule has 0 bridgehead atoms. The van der Waals surface area contributed by atoms with E-state index in [0.29, 0.717) is 16.7 Å². The number of rotatable bonds is 5. The molecule has 0 aliphatic heterocycles. The maximum atomic E-state index is 13.9. The molecule has 1 aliphatic carbocycles. The first-order valence-corrected chi connectivity index (χ1v) is 13.6. The SMILES string of the molecule is C[C@@H]1CCc2sc3c(c2C1)c(=O)n(-c1ccc(Cl)cc1)c1nnc(SCCc2ccccc2)n31. The van der Waals surface area contributed by atoms with Gasteiger partial charge in [0.1, 0.15) is 4.83 Å². The fourth-order valence-electron chi connectivity index (χ4n) is 4.73. The third-order valence-electron chi connectivity index (χ3n) is 6.47. The van der Waals surface area contributed by atoms with Gasteiger partial charge < -0.3 is 0 Å². The van der Waals surface area contributed by atoms with Gasteiger partial charge in [-0.05, 0) is 67.0 Å². The van der Waals surface area contributed by atoms with Crippen LogP contribution in [0.3, 0.4) is 0 Å². The van der Waals surface area contributed by atoms with Crippen LogP contribution in [-0.2, 0) is 19.3 Å². The van der Waals surface area contributed by atoms with Gasteiger partial charge in [-0.15, -0.1) is 21.5 Å². The first-order valence-electron chi connectivity index (χ1n) is 11.5. The number of nitrogens with zero attached hydrogens (tertiary/aromatic N) is 4. The monoisotopic (exact) mass is 506 g/mol. The maximum absolute atomic E-state index is 13.9. The number of hydrogen-bond donors (Lipinski definition) is 0. The lowest BCUT2D eigenvalue weighted by molar-refractivity contribution is 0.508. The van der Waals surface area contributed by atoms with Crippen molar-refractivity contribution >= 4 is 50.7 Å². The van der Waals surface area contributed by atoms with Gasteiger partial charge in [-0.2, -0.15) is 0 Å². The van der Waals surface area contributed by atoms with Gasteiger partial charge >= 0.3 is 0 Å². The summed E-state index contributed by atoms with van der Waals surface area (Å²) in [6.07, 6.45) is 4.07. The Kier molecular flexibility index (Phi) is 5.71. The number of benzene rings is 2. The van der Waals surface area contributed by atoms with Gasteiger partial charge in [-0.1, -0.05) is 60.6 Å². The molecule has 2 aromatic carbocycles. The number of fused-ring (bicyclic) bond motifs is 5. The van der Waals surface area contributed by atoms with E-state index < -0.39 is 0 Å². The highest BCUT2D eigenvalue weighted by Gasteiger charge is 2.27. The first-order chi connectivity index (χ1) is 16.6. The summed E-state index contributed by atoms with van der Waals surface area (Å²) in [5.74, 6) is 2.01. The van der Waals surface area contributed by atoms with Gasteiger partial charge in [0.05, 0.1) is 11.1 Å². The Balaban J connectivity index is 1.53. The summed E-state index contributed by atoms with van der Waals surface area (Å²) < 4.78 is 3.79. The van der Waals surface area contributed by atoms with E-state index in [-0.39, 0.29) is 5.56 Å². The molecule has 0 radical (unpaired) electrons. The van der Waals surface area contributed by atoms with Crippen LogP contribution in [0.15, 0.2) is 64.5 Å². The van der Waals surface area contributed by atoms with Crippen LogP contribution in [0.1, 0.15) is 29.3 Å². The molecule has 0 amide bonds. The number of halogens is 1. The van der Waals surface area contributed by atoms with Gasteiger partial charge in [0, 0.05) is 15.7 Å². The van der Waals surface area contributed by atoms with Gasteiger partial charge in [-0.25, -0.2) is 8.97 Å². The lowest BCUT2D eigenvalue weighted by atomic mass is 9.89. The molecular formula is C26H23ClN4OS2. The second kappa shape index (κ2) is 8.87. The Labute approximate surface area is 210 Å². The highest BCUT2D eigenvalue weighted by atomic mass is 35.5. The quantitative estimate of drug-likeness (QED) is 0.266. The normalized spacial score (nSPS) is 15.8. The molecule has 0 saturated heterocycles. The zero-order valence-electron chi connectivity index (χ0n) is 18.7. The summed E-state index contributed by atoms with van der Waals surface area (Å²) in [5.41, 5.74) is 3.23. The summed E-state index contributed by atoms with van der Waals surface area (Å²) in [6, 6.07) is 17.8. The summed E-state index contributed by atoms with van der Waals surface area (Å²) in [6.45, 7) is 2.27. The van der Waals surface area contributed by atoms with Crippen LogP contribution in [-0.4, -0.2) is 24.9 Å². The molecular weight excluding hydrogens is 484 g/mol. The van der Waals surface area contributed by atoms with Crippen LogP contribution in [0.2, 0.25) is 5.02 Å². The van der Waals surface area contributed by atoms with E-state index in [1.54, 1.807) is 39.8 Å². The van der Waals surface area contributed by atoms with Gasteiger partial charge in [0.2, 0.25) is 5.78 Å². The number of thioether (sulfide) groups is 1. The van der Waals surface area contributed by atoms with Crippen molar-refractivity contribution in [1.82, 2.24) is 19.2 Å².